The first-order valence-corrected chi connectivity index (χ1v) is 19.3. The number of rotatable bonds is 32. The molecular formula is C39H77N2+. The van der Waals surface area contributed by atoms with Crippen LogP contribution in [0.4, 0.5) is 0 Å². The fourth-order valence-electron chi connectivity index (χ4n) is 6.55. The van der Waals surface area contributed by atoms with E-state index in [0.29, 0.717) is 6.04 Å². The molecule has 0 amide bonds. The molecule has 1 rings (SSSR count). The quantitative estimate of drug-likeness (QED) is 0.0598. The maximum atomic E-state index is 2.59. The van der Waals surface area contributed by atoms with Gasteiger partial charge in [0.15, 0.2) is 0 Å². The third-order valence-electron chi connectivity index (χ3n) is 9.35. The van der Waals surface area contributed by atoms with Crippen molar-refractivity contribution in [3.63, 3.8) is 0 Å². The van der Waals surface area contributed by atoms with E-state index in [-0.39, 0.29) is 0 Å². The van der Waals surface area contributed by atoms with Gasteiger partial charge in [-0.2, -0.15) is 0 Å². The molecule has 0 N–H and O–H groups in total. The Morgan fingerprint density at radius 3 is 1.12 bits per heavy atom. The van der Waals surface area contributed by atoms with Crippen molar-refractivity contribution < 1.29 is 4.57 Å². The maximum absolute atomic E-state index is 2.59. The second kappa shape index (κ2) is 29.3. The normalized spacial score (nSPS) is 11.7. The average molecular weight is 574 g/mol. The number of nitrogens with zero attached hydrogens (tertiary/aromatic N) is 2. The molecule has 0 fully saturated rings. The molecule has 0 saturated carbocycles. The molecule has 0 unspecified atom stereocenters. The van der Waals surface area contributed by atoms with Crippen molar-refractivity contribution >= 4 is 0 Å². The topological polar surface area (TPSA) is 8.81 Å². The second-order valence-corrected chi connectivity index (χ2v) is 13.7. The predicted octanol–water partition coefficient (Wildman–Crippen LogP) is 13.3. The van der Waals surface area contributed by atoms with E-state index in [4.69, 9.17) is 0 Å². The first kappa shape index (κ1) is 38.2. The SMILES string of the molecule is CCCCCCCCCCCCCCCCCC[n+]1ccn(C(C)C)c1CCCCCCCCCCCCCCC. The van der Waals surface area contributed by atoms with Crippen LogP contribution in [0.3, 0.4) is 0 Å². The van der Waals surface area contributed by atoms with Crippen LogP contribution < -0.4 is 4.57 Å². The molecule has 0 aliphatic carbocycles. The molecule has 0 aliphatic heterocycles. The van der Waals surface area contributed by atoms with Crippen LogP contribution in [0, 0.1) is 0 Å². The highest BCUT2D eigenvalue weighted by atomic mass is 15.2. The highest BCUT2D eigenvalue weighted by Crippen LogP contribution is 2.16. The van der Waals surface area contributed by atoms with Crippen LogP contribution in [0.1, 0.15) is 226 Å². The molecule has 41 heavy (non-hydrogen) atoms. The summed E-state index contributed by atoms with van der Waals surface area (Å²) >= 11 is 0. The molecule has 0 radical (unpaired) electrons. The van der Waals surface area contributed by atoms with Gasteiger partial charge in [0.05, 0.1) is 12.6 Å². The minimum absolute atomic E-state index is 0.569. The molecule has 0 saturated heterocycles. The number of aromatic nitrogens is 2. The minimum Gasteiger partial charge on any atom is -0.234 e. The van der Waals surface area contributed by atoms with Gasteiger partial charge in [0, 0.05) is 6.42 Å². The smallest absolute Gasteiger partial charge is 0.234 e. The third-order valence-corrected chi connectivity index (χ3v) is 9.35. The summed E-state index contributed by atoms with van der Waals surface area (Å²) in [6.45, 7) is 10.5. The van der Waals surface area contributed by atoms with Crippen molar-refractivity contribution in [2.75, 3.05) is 0 Å². The van der Waals surface area contributed by atoms with Gasteiger partial charge in [0.25, 0.3) is 5.82 Å². The van der Waals surface area contributed by atoms with Crippen LogP contribution >= 0.6 is 0 Å². The van der Waals surface area contributed by atoms with E-state index in [2.05, 4.69) is 49.2 Å². The van der Waals surface area contributed by atoms with Crippen molar-refractivity contribution in [3.05, 3.63) is 18.2 Å². The van der Waals surface area contributed by atoms with Crippen LogP contribution in [-0.4, -0.2) is 4.57 Å². The van der Waals surface area contributed by atoms with Crippen molar-refractivity contribution in [1.29, 1.82) is 0 Å². The largest absolute Gasteiger partial charge is 0.256 e. The zero-order valence-corrected chi connectivity index (χ0v) is 29.0. The minimum atomic E-state index is 0.569. The van der Waals surface area contributed by atoms with Gasteiger partial charge in [-0.25, -0.2) is 9.13 Å². The van der Waals surface area contributed by atoms with E-state index in [1.165, 1.54) is 199 Å². The Labute approximate surface area is 259 Å². The van der Waals surface area contributed by atoms with Gasteiger partial charge < -0.3 is 0 Å². The Bertz CT molecular complexity index is 646. The summed E-state index contributed by atoms with van der Waals surface area (Å²) in [5, 5.41) is 0. The monoisotopic (exact) mass is 574 g/mol. The molecule has 0 atom stereocenters. The summed E-state index contributed by atoms with van der Waals surface area (Å²) in [5.41, 5.74) is 0. The molecule has 2 heteroatoms. The van der Waals surface area contributed by atoms with Crippen LogP contribution in [0.2, 0.25) is 0 Å². The van der Waals surface area contributed by atoms with E-state index in [1.54, 1.807) is 5.82 Å². The van der Waals surface area contributed by atoms with Crippen molar-refractivity contribution in [3.8, 4) is 0 Å². The summed E-state index contributed by atoms with van der Waals surface area (Å²) < 4.78 is 5.12. The van der Waals surface area contributed by atoms with Gasteiger partial charge in [0.1, 0.15) is 12.4 Å². The van der Waals surface area contributed by atoms with Crippen molar-refractivity contribution in [1.82, 2.24) is 4.57 Å². The second-order valence-electron chi connectivity index (χ2n) is 13.7. The summed E-state index contributed by atoms with van der Waals surface area (Å²) in [6.07, 6.45) is 47.7. The third kappa shape index (κ3) is 22.4. The van der Waals surface area contributed by atoms with Gasteiger partial charge >= 0.3 is 0 Å². The predicted molar refractivity (Wildman–Crippen MR) is 184 cm³/mol. The van der Waals surface area contributed by atoms with E-state index < -0.39 is 0 Å². The molecule has 1 aromatic heterocycles. The van der Waals surface area contributed by atoms with Gasteiger partial charge in [-0.1, -0.05) is 181 Å². The molecular weight excluding hydrogens is 496 g/mol. The lowest BCUT2D eigenvalue weighted by molar-refractivity contribution is -0.704. The molecule has 1 aromatic rings. The van der Waals surface area contributed by atoms with Crippen LogP contribution in [0.5, 0.6) is 0 Å². The molecule has 0 aliphatic rings. The zero-order chi connectivity index (χ0) is 29.6. The fraction of sp³-hybridized carbons (Fsp3) is 0.923. The standard InChI is InChI=1S/C39H77N2/c1-5-7-9-11-13-15-17-19-20-21-23-25-27-29-31-33-35-40-36-37-41(38(3)4)39(40)34-32-30-28-26-24-22-18-16-14-12-10-8-6-2/h36-38H,5-35H2,1-4H3/q+1. The summed E-state index contributed by atoms with van der Waals surface area (Å²) in [6, 6.07) is 0.569. The van der Waals surface area contributed by atoms with Gasteiger partial charge in [-0.3, -0.25) is 0 Å². The van der Waals surface area contributed by atoms with Crippen molar-refractivity contribution in [2.24, 2.45) is 0 Å². The van der Waals surface area contributed by atoms with Gasteiger partial charge in [0.2, 0.25) is 0 Å². The zero-order valence-electron chi connectivity index (χ0n) is 29.0. The van der Waals surface area contributed by atoms with E-state index in [0.717, 1.165) is 0 Å². The Morgan fingerprint density at radius 2 is 0.780 bits per heavy atom. The first-order valence-electron chi connectivity index (χ1n) is 19.3. The highest BCUT2D eigenvalue weighted by Gasteiger charge is 2.18. The van der Waals surface area contributed by atoms with Crippen LogP contribution in [0.15, 0.2) is 12.4 Å². The Balaban J connectivity index is 2.03. The lowest BCUT2D eigenvalue weighted by Gasteiger charge is -2.08. The Kier molecular flexibility index (Phi) is 27.3. The lowest BCUT2D eigenvalue weighted by atomic mass is 10.0. The van der Waals surface area contributed by atoms with Gasteiger partial charge in [-0.05, 0) is 33.1 Å². The van der Waals surface area contributed by atoms with Crippen molar-refractivity contribution in [2.45, 2.75) is 233 Å². The number of hydrogen-bond acceptors (Lipinski definition) is 0. The fourth-order valence-corrected chi connectivity index (χ4v) is 6.55. The number of aryl methyl sites for hydroxylation is 1. The van der Waals surface area contributed by atoms with E-state index in [1.807, 2.05) is 0 Å². The van der Waals surface area contributed by atoms with Gasteiger partial charge in [-0.15, -0.1) is 0 Å². The molecule has 0 spiro atoms. The summed E-state index contributed by atoms with van der Waals surface area (Å²) in [5.74, 6) is 1.57. The molecule has 0 aromatic carbocycles. The lowest BCUT2D eigenvalue weighted by Crippen LogP contribution is -2.37. The number of hydrogen-bond donors (Lipinski definition) is 0. The average Bonchev–Trinajstić information content (AvgIpc) is 3.38. The van der Waals surface area contributed by atoms with E-state index >= 15 is 0 Å². The Morgan fingerprint density at radius 1 is 0.463 bits per heavy atom. The van der Waals surface area contributed by atoms with Crippen LogP contribution in [0.25, 0.3) is 0 Å². The molecule has 0 bridgehead atoms. The molecule has 1 heterocycles. The Hall–Kier alpha value is -0.790. The van der Waals surface area contributed by atoms with E-state index in [9.17, 15) is 0 Å². The number of unbranched alkanes of at least 4 members (excludes halogenated alkanes) is 27. The molecule has 2 nitrogen and oxygen atoms in total. The highest BCUT2D eigenvalue weighted by molar-refractivity contribution is 4.86. The summed E-state index contributed by atoms with van der Waals surface area (Å²) in [7, 11) is 0. The number of imidazole rings is 1. The molecule has 242 valence electrons. The van der Waals surface area contributed by atoms with Crippen LogP contribution in [-0.2, 0) is 13.0 Å². The maximum Gasteiger partial charge on any atom is 0.256 e. The summed E-state index contributed by atoms with van der Waals surface area (Å²) in [4.78, 5) is 0. The first-order chi connectivity index (χ1) is 20.2.